The molecule has 0 fully saturated rings. The first-order valence-electron chi connectivity index (χ1n) is 6.39. The normalized spacial score (nSPS) is 9.55. The van der Waals surface area contributed by atoms with Gasteiger partial charge >= 0.3 is 6.09 Å². The maximum atomic E-state index is 11.5. The lowest BCUT2D eigenvalue weighted by Crippen LogP contribution is -2.24. The minimum Gasteiger partial charge on any atom is -0.445 e. The number of nitrogens with one attached hydrogen (secondary N) is 1. The van der Waals surface area contributed by atoms with Gasteiger partial charge in [-0.3, -0.25) is 0 Å². The van der Waals surface area contributed by atoms with Crippen molar-refractivity contribution in [1.82, 2.24) is 10.3 Å². The predicted molar refractivity (Wildman–Crippen MR) is 85.8 cm³/mol. The molecule has 0 radical (unpaired) electrons. The summed E-state index contributed by atoms with van der Waals surface area (Å²) >= 11 is 11.7. The second-order valence-corrected chi connectivity index (χ2v) is 5.00. The van der Waals surface area contributed by atoms with Gasteiger partial charge in [0.05, 0.1) is 17.1 Å². The number of ether oxygens (including phenoxy) is 1. The summed E-state index contributed by atoms with van der Waals surface area (Å²) in [4.78, 5) is 15.4. The molecule has 4 nitrogen and oxygen atoms in total. The van der Waals surface area contributed by atoms with Crippen molar-refractivity contribution in [2.75, 3.05) is 6.54 Å². The Morgan fingerprint density at radius 2 is 2.05 bits per heavy atom. The molecule has 0 atom stereocenters. The number of hydrogen-bond donors (Lipinski definition) is 1. The van der Waals surface area contributed by atoms with Gasteiger partial charge in [0.1, 0.15) is 11.8 Å². The third-order valence-electron chi connectivity index (χ3n) is 2.56. The number of rotatable bonds is 3. The highest BCUT2D eigenvalue weighted by Crippen LogP contribution is 2.16. The Balaban J connectivity index is 1.78. The molecule has 22 heavy (non-hydrogen) atoms. The molecule has 0 spiro atoms. The van der Waals surface area contributed by atoms with Gasteiger partial charge in [0, 0.05) is 6.20 Å². The maximum absolute atomic E-state index is 11.5. The first kappa shape index (κ1) is 16.2. The lowest BCUT2D eigenvalue weighted by Gasteiger charge is -2.04. The number of aromatic nitrogens is 1. The highest BCUT2D eigenvalue weighted by Gasteiger charge is 2.01. The third-order valence-corrected chi connectivity index (χ3v) is 3.07. The summed E-state index contributed by atoms with van der Waals surface area (Å²) in [5.74, 6) is 5.54. The van der Waals surface area contributed by atoms with Gasteiger partial charge in [0.15, 0.2) is 0 Å². The molecule has 1 N–H and O–H groups in total. The van der Waals surface area contributed by atoms with Crippen LogP contribution in [0.25, 0.3) is 0 Å². The van der Waals surface area contributed by atoms with Crippen LogP contribution in [0.4, 0.5) is 4.79 Å². The van der Waals surface area contributed by atoms with E-state index in [1.165, 1.54) is 6.20 Å². The van der Waals surface area contributed by atoms with Crippen molar-refractivity contribution >= 4 is 29.3 Å². The summed E-state index contributed by atoms with van der Waals surface area (Å²) in [7, 11) is 0. The zero-order valence-electron chi connectivity index (χ0n) is 11.5. The van der Waals surface area contributed by atoms with Gasteiger partial charge in [-0.05, 0) is 11.6 Å². The van der Waals surface area contributed by atoms with Crippen molar-refractivity contribution in [2.24, 2.45) is 0 Å². The van der Waals surface area contributed by atoms with E-state index in [2.05, 4.69) is 22.1 Å². The number of pyridine rings is 1. The van der Waals surface area contributed by atoms with Gasteiger partial charge in [-0.1, -0.05) is 65.4 Å². The molecular weight excluding hydrogens is 323 g/mol. The average Bonchev–Trinajstić information content (AvgIpc) is 2.53. The van der Waals surface area contributed by atoms with Gasteiger partial charge in [0.25, 0.3) is 0 Å². The number of amides is 1. The van der Waals surface area contributed by atoms with Crippen molar-refractivity contribution in [1.29, 1.82) is 0 Å². The molecule has 1 amide bonds. The van der Waals surface area contributed by atoms with Crippen LogP contribution in [0.2, 0.25) is 10.2 Å². The van der Waals surface area contributed by atoms with Crippen LogP contribution in [0.1, 0.15) is 11.1 Å². The fourth-order valence-electron chi connectivity index (χ4n) is 1.54. The van der Waals surface area contributed by atoms with E-state index >= 15 is 0 Å². The molecule has 0 saturated carbocycles. The van der Waals surface area contributed by atoms with Crippen LogP contribution >= 0.6 is 23.2 Å². The standard InChI is InChI=1S/C16H12Cl2N2O2/c17-14-9-13(15(18)20-10-14)7-4-8-19-16(21)22-11-12-5-2-1-3-6-12/h1-3,5-6,9-10H,8,11H2,(H,19,21). The fraction of sp³-hybridized carbons (Fsp3) is 0.125. The van der Waals surface area contributed by atoms with Gasteiger partial charge in [-0.15, -0.1) is 0 Å². The summed E-state index contributed by atoms with van der Waals surface area (Å²) in [6, 6.07) is 11.0. The van der Waals surface area contributed by atoms with E-state index < -0.39 is 6.09 Å². The molecule has 0 aliphatic rings. The molecule has 1 aromatic carbocycles. The molecule has 0 aliphatic carbocycles. The molecule has 112 valence electrons. The van der Waals surface area contributed by atoms with Gasteiger partial charge < -0.3 is 10.1 Å². The minimum atomic E-state index is -0.534. The zero-order valence-corrected chi connectivity index (χ0v) is 13.0. The highest BCUT2D eigenvalue weighted by atomic mass is 35.5. The molecule has 0 saturated heterocycles. The molecule has 2 rings (SSSR count). The number of carbonyl (C=O) groups is 1. The largest absolute Gasteiger partial charge is 0.445 e. The van der Waals surface area contributed by atoms with Crippen LogP contribution in [0.3, 0.4) is 0 Å². The van der Waals surface area contributed by atoms with E-state index in [9.17, 15) is 4.79 Å². The van der Waals surface area contributed by atoms with Gasteiger partial charge in [-0.2, -0.15) is 0 Å². The predicted octanol–water partition coefficient (Wildman–Crippen LogP) is 3.67. The third kappa shape index (κ3) is 5.28. The van der Waals surface area contributed by atoms with Crippen molar-refractivity contribution in [2.45, 2.75) is 6.61 Å². The minimum absolute atomic E-state index is 0.135. The van der Waals surface area contributed by atoms with E-state index in [1.807, 2.05) is 30.3 Å². The molecule has 0 bridgehead atoms. The number of benzene rings is 1. The molecule has 0 unspecified atom stereocenters. The van der Waals surface area contributed by atoms with Crippen LogP contribution in [0.5, 0.6) is 0 Å². The van der Waals surface area contributed by atoms with E-state index in [0.717, 1.165) is 5.56 Å². The summed E-state index contributed by atoms with van der Waals surface area (Å²) in [6.45, 7) is 0.348. The summed E-state index contributed by atoms with van der Waals surface area (Å²) in [5.41, 5.74) is 1.43. The Hall–Kier alpha value is -2.22. The molecule has 2 aromatic rings. The first-order valence-corrected chi connectivity index (χ1v) is 7.15. The summed E-state index contributed by atoms with van der Waals surface area (Å²) in [5, 5.41) is 3.24. The van der Waals surface area contributed by atoms with Crippen LogP contribution in [-0.2, 0) is 11.3 Å². The van der Waals surface area contributed by atoms with Crippen molar-refractivity contribution in [3.63, 3.8) is 0 Å². The van der Waals surface area contributed by atoms with E-state index in [4.69, 9.17) is 27.9 Å². The summed E-state index contributed by atoms with van der Waals surface area (Å²) in [6.07, 6.45) is 0.905. The monoisotopic (exact) mass is 334 g/mol. The Morgan fingerprint density at radius 1 is 1.27 bits per heavy atom. The van der Waals surface area contributed by atoms with E-state index in [0.29, 0.717) is 10.6 Å². The van der Waals surface area contributed by atoms with Crippen LogP contribution in [0, 0.1) is 11.8 Å². The first-order chi connectivity index (χ1) is 10.6. The molecule has 1 aromatic heterocycles. The van der Waals surface area contributed by atoms with Crippen molar-refractivity contribution < 1.29 is 9.53 Å². The van der Waals surface area contributed by atoms with E-state index in [-0.39, 0.29) is 18.3 Å². The molecule has 0 aliphatic heterocycles. The maximum Gasteiger partial charge on any atom is 0.408 e. The summed E-state index contributed by atoms with van der Waals surface area (Å²) < 4.78 is 5.05. The Kier molecular flexibility index (Phi) is 6.08. The van der Waals surface area contributed by atoms with Gasteiger partial charge in [0.2, 0.25) is 0 Å². The fourth-order valence-corrected chi connectivity index (χ4v) is 1.85. The van der Waals surface area contributed by atoms with Crippen LogP contribution in [-0.4, -0.2) is 17.6 Å². The lowest BCUT2D eigenvalue weighted by atomic mass is 10.2. The number of nitrogens with zero attached hydrogens (tertiary/aromatic N) is 1. The Morgan fingerprint density at radius 3 is 2.82 bits per heavy atom. The smallest absolute Gasteiger partial charge is 0.408 e. The van der Waals surface area contributed by atoms with Crippen molar-refractivity contribution in [3.8, 4) is 11.8 Å². The average molecular weight is 335 g/mol. The van der Waals surface area contributed by atoms with E-state index in [1.54, 1.807) is 6.07 Å². The molecular formula is C16H12Cl2N2O2. The SMILES string of the molecule is O=C(NCC#Cc1cc(Cl)cnc1Cl)OCc1ccccc1. The Bertz CT molecular complexity index is 709. The topological polar surface area (TPSA) is 51.2 Å². The molecule has 1 heterocycles. The Labute approximate surface area is 138 Å². The number of carbonyl (C=O) groups excluding carboxylic acids is 1. The van der Waals surface area contributed by atoms with Crippen molar-refractivity contribution in [3.05, 3.63) is 63.9 Å². The highest BCUT2D eigenvalue weighted by molar-refractivity contribution is 6.32. The van der Waals surface area contributed by atoms with Crippen LogP contribution in [0.15, 0.2) is 42.6 Å². The van der Waals surface area contributed by atoms with Crippen LogP contribution < -0.4 is 5.32 Å². The second-order valence-electron chi connectivity index (χ2n) is 4.21. The lowest BCUT2D eigenvalue weighted by molar-refractivity contribution is 0.141. The number of halogens is 2. The quantitative estimate of drug-likeness (QED) is 0.688. The second kappa shape index (κ2) is 8.28. The molecule has 6 heteroatoms. The number of hydrogen-bond acceptors (Lipinski definition) is 3. The number of alkyl carbamates (subject to hydrolysis) is 1. The zero-order chi connectivity index (χ0) is 15.8. The van der Waals surface area contributed by atoms with Gasteiger partial charge in [-0.25, -0.2) is 9.78 Å².